The zero-order chi connectivity index (χ0) is 13.3. The minimum atomic E-state index is 0.0647. The average Bonchev–Trinajstić information content (AvgIpc) is 2.22. The van der Waals surface area contributed by atoms with Crippen LogP contribution in [-0.2, 0) is 4.79 Å². The van der Waals surface area contributed by atoms with Gasteiger partial charge in [0.15, 0.2) is 0 Å². The van der Waals surface area contributed by atoms with Gasteiger partial charge in [0.25, 0.3) is 0 Å². The summed E-state index contributed by atoms with van der Waals surface area (Å²) in [7, 11) is 4.09. The fourth-order valence-corrected chi connectivity index (χ4v) is 1.56. The Balaban J connectivity index is 4.03. The van der Waals surface area contributed by atoms with Gasteiger partial charge in [-0.15, -0.1) is 0 Å². The summed E-state index contributed by atoms with van der Waals surface area (Å²) in [6.07, 6.45) is 0. The van der Waals surface area contributed by atoms with Crippen LogP contribution in [0.15, 0.2) is 0 Å². The summed E-state index contributed by atoms with van der Waals surface area (Å²) in [5, 5.41) is 2.80. The topological polar surface area (TPSA) is 61.6 Å². The molecule has 102 valence electrons. The highest BCUT2D eigenvalue weighted by molar-refractivity contribution is 5.77. The van der Waals surface area contributed by atoms with Crippen molar-refractivity contribution in [1.29, 1.82) is 0 Å². The maximum absolute atomic E-state index is 11.6. The van der Waals surface area contributed by atoms with E-state index in [0.29, 0.717) is 25.6 Å². The first-order valence-corrected chi connectivity index (χ1v) is 6.29. The Bertz CT molecular complexity index is 207. The Labute approximate surface area is 105 Å². The molecule has 0 radical (unpaired) electrons. The minimum Gasteiger partial charge on any atom is -0.354 e. The Morgan fingerprint density at radius 3 is 2.41 bits per heavy atom. The van der Waals surface area contributed by atoms with Crippen molar-refractivity contribution in [2.24, 2.45) is 11.7 Å². The highest BCUT2D eigenvalue weighted by Gasteiger charge is 2.11. The molecule has 5 heteroatoms. The molecule has 1 amide bonds. The van der Waals surface area contributed by atoms with E-state index in [-0.39, 0.29) is 5.91 Å². The summed E-state index contributed by atoms with van der Waals surface area (Å²) in [5.74, 6) is 0.634. The molecule has 0 fully saturated rings. The van der Waals surface area contributed by atoms with Crippen LogP contribution in [0.3, 0.4) is 0 Å². The van der Waals surface area contributed by atoms with Crippen molar-refractivity contribution in [3.63, 3.8) is 0 Å². The molecular weight excluding hydrogens is 216 g/mol. The van der Waals surface area contributed by atoms with E-state index < -0.39 is 0 Å². The maximum Gasteiger partial charge on any atom is 0.234 e. The monoisotopic (exact) mass is 244 g/mol. The molecule has 0 aliphatic carbocycles. The second-order valence-corrected chi connectivity index (χ2v) is 5.07. The standard InChI is InChI=1S/C12H28N4O/c1-11(2)9-16(8-7-15(3)4)10-12(17)14-6-5-13/h11H,5-10,13H2,1-4H3,(H,14,17). The SMILES string of the molecule is CC(C)CN(CCN(C)C)CC(=O)NCCN. The average molecular weight is 244 g/mol. The van der Waals surface area contributed by atoms with E-state index in [1.807, 2.05) is 14.1 Å². The molecule has 0 aromatic carbocycles. The fourth-order valence-electron chi connectivity index (χ4n) is 1.56. The molecule has 0 aromatic rings. The smallest absolute Gasteiger partial charge is 0.234 e. The van der Waals surface area contributed by atoms with Gasteiger partial charge < -0.3 is 16.0 Å². The van der Waals surface area contributed by atoms with Gasteiger partial charge in [0, 0.05) is 32.7 Å². The van der Waals surface area contributed by atoms with Crippen LogP contribution in [0.5, 0.6) is 0 Å². The summed E-state index contributed by atoms with van der Waals surface area (Å²) in [4.78, 5) is 15.9. The van der Waals surface area contributed by atoms with Crippen molar-refractivity contribution in [3.05, 3.63) is 0 Å². The van der Waals surface area contributed by atoms with E-state index in [0.717, 1.165) is 19.6 Å². The van der Waals surface area contributed by atoms with E-state index >= 15 is 0 Å². The van der Waals surface area contributed by atoms with Gasteiger partial charge in [-0.2, -0.15) is 0 Å². The van der Waals surface area contributed by atoms with E-state index in [1.54, 1.807) is 0 Å². The summed E-state index contributed by atoms with van der Waals surface area (Å²) in [5.41, 5.74) is 5.35. The Morgan fingerprint density at radius 2 is 1.94 bits per heavy atom. The van der Waals surface area contributed by atoms with Crippen molar-refractivity contribution in [3.8, 4) is 0 Å². The summed E-state index contributed by atoms with van der Waals surface area (Å²) in [6.45, 7) is 8.69. The van der Waals surface area contributed by atoms with Gasteiger partial charge in [-0.25, -0.2) is 0 Å². The van der Waals surface area contributed by atoms with Crippen LogP contribution < -0.4 is 11.1 Å². The molecule has 3 N–H and O–H groups in total. The normalized spacial score (nSPS) is 11.5. The van der Waals surface area contributed by atoms with Gasteiger partial charge in [-0.05, 0) is 20.0 Å². The molecule has 0 spiro atoms. The number of carbonyl (C=O) groups excluding carboxylic acids is 1. The molecule has 0 unspecified atom stereocenters. The van der Waals surface area contributed by atoms with E-state index in [1.165, 1.54) is 0 Å². The highest BCUT2D eigenvalue weighted by atomic mass is 16.2. The molecule has 0 atom stereocenters. The first-order valence-electron chi connectivity index (χ1n) is 6.29. The first-order chi connectivity index (χ1) is 7.95. The molecule has 0 saturated carbocycles. The lowest BCUT2D eigenvalue weighted by Crippen LogP contribution is -2.42. The largest absolute Gasteiger partial charge is 0.354 e. The third kappa shape index (κ3) is 10.2. The summed E-state index contributed by atoms with van der Waals surface area (Å²) in [6, 6.07) is 0. The first kappa shape index (κ1) is 16.4. The highest BCUT2D eigenvalue weighted by Crippen LogP contribution is 1.98. The molecule has 0 aromatic heterocycles. The predicted molar refractivity (Wildman–Crippen MR) is 71.9 cm³/mol. The van der Waals surface area contributed by atoms with Crippen molar-refractivity contribution in [1.82, 2.24) is 15.1 Å². The lowest BCUT2D eigenvalue weighted by Gasteiger charge is -2.25. The van der Waals surface area contributed by atoms with Crippen molar-refractivity contribution < 1.29 is 4.79 Å². The van der Waals surface area contributed by atoms with E-state index in [4.69, 9.17) is 5.73 Å². The number of nitrogens with two attached hydrogens (primary N) is 1. The Morgan fingerprint density at radius 1 is 1.29 bits per heavy atom. The lowest BCUT2D eigenvalue weighted by atomic mass is 10.2. The number of amides is 1. The van der Waals surface area contributed by atoms with Crippen molar-refractivity contribution in [2.75, 3.05) is 53.4 Å². The van der Waals surface area contributed by atoms with Crippen molar-refractivity contribution >= 4 is 5.91 Å². The number of carbonyl (C=O) groups is 1. The zero-order valence-corrected chi connectivity index (χ0v) is 11.7. The Kier molecular flexibility index (Phi) is 9.03. The number of nitrogens with zero attached hydrogens (tertiary/aromatic N) is 2. The third-order valence-corrected chi connectivity index (χ3v) is 2.32. The lowest BCUT2D eigenvalue weighted by molar-refractivity contribution is -0.122. The number of hydrogen-bond acceptors (Lipinski definition) is 4. The minimum absolute atomic E-state index is 0.0647. The van der Waals surface area contributed by atoms with Gasteiger partial charge in [0.1, 0.15) is 0 Å². The second-order valence-electron chi connectivity index (χ2n) is 5.07. The molecule has 0 saturated heterocycles. The van der Waals surface area contributed by atoms with Crippen LogP contribution in [0, 0.1) is 5.92 Å². The maximum atomic E-state index is 11.6. The number of rotatable bonds is 9. The molecule has 0 bridgehead atoms. The Hall–Kier alpha value is -0.650. The van der Waals surface area contributed by atoms with Crippen LogP contribution in [0.4, 0.5) is 0 Å². The van der Waals surface area contributed by atoms with Gasteiger partial charge in [0.2, 0.25) is 5.91 Å². The number of nitrogens with one attached hydrogen (secondary N) is 1. The van der Waals surface area contributed by atoms with Crippen LogP contribution in [0.25, 0.3) is 0 Å². The van der Waals surface area contributed by atoms with Crippen molar-refractivity contribution in [2.45, 2.75) is 13.8 Å². The van der Waals surface area contributed by atoms with Crippen LogP contribution in [0.2, 0.25) is 0 Å². The quantitative estimate of drug-likeness (QED) is 0.578. The number of likely N-dealkylation sites (N-methyl/N-ethyl adjacent to an activating group) is 1. The number of hydrogen-bond donors (Lipinski definition) is 2. The van der Waals surface area contributed by atoms with Crippen LogP contribution in [0.1, 0.15) is 13.8 Å². The summed E-state index contributed by atoms with van der Waals surface area (Å²) >= 11 is 0. The fraction of sp³-hybridized carbons (Fsp3) is 0.917. The van der Waals surface area contributed by atoms with Gasteiger partial charge in [0.05, 0.1) is 6.54 Å². The summed E-state index contributed by atoms with van der Waals surface area (Å²) < 4.78 is 0. The van der Waals surface area contributed by atoms with Gasteiger partial charge in [-0.3, -0.25) is 9.69 Å². The van der Waals surface area contributed by atoms with Crippen LogP contribution >= 0.6 is 0 Å². The van der Waals surface area contributed by atoms with Gasteiger partial charge in [-0.1, -0.05) is 13.8 Å². The molecule has 0 aliphatic rings. The molecular formula is C12H28N4O. The molecule has 0 heterocycles. The molecule has 0 aliphatic heterocycles. The molecule has 5 nitrogen and oxygen atoms in total. The van der Waals surface area contributed by atoms with E-state index in [9.17, 15) is 4.79 Å². The van der Waals surface area contributed by atoms with Crippen LogP contribution in [-0.4, -0.2) is 69.1 Å². The molecule has 0 rings (SSSR count). The molecule has 17 heavy (non-hydrogen) atoms. The third-order valence-electron chi connectivity index (χ3n) is 2.32. The van der Waals surface area contributed by atoms with E-state index in [2.05, 4.69) is 29.0 Å². The second kappa shape index (κ2) is 9.39. The van der Waals surface area contributed by atoms with Gasteiger partial charge >= 0.3 is 0 Å². The zero-order valence-electron chi connectivity index (χ0n) is 11.7. The predicted octanol–water partition coefficient (Wildman–Crippen LogP) is -0.419.